The Balaban J connectivity index is 2.80. The van der Waals surface area contributed by atoms with Crippen LogP contribution < -0.4 is 15.8 Å². The number of nitrogens with two attached hydrogens (primary N) is 1. The molecule has 0 heterocycles. The van der Waals surface area contributed by atoms with E-state index < -0.39 is 18.0 Å². The summed E-state index contributed by atoms with van der Waals surface area (Å²) in [6.45, 7) is 4.73. The molecule has 0 aliphatic rings. The predicted octanol–water partition coefficient (Wildman–Crippen LogP) is 1.16. The fourth-order valence-corrected chi connectivity index (χ4v) is 1.47. The summed E-state index contributed by atoms with van der Waals surface area (Å²) in [5, 5.41) is 1.93. The molecule has 19 heavy (non-hydrogen) atoms. The third kappa shape index (κ3) is 4.09. The van der Waals surface area contributed by atoms with Gasteiger partial charge in [-0.15, -0.1) is 0 Å². The average Bonchev–Trinajstić information content (AvgIpc) is 2.30. The van der Waals surface area contributed by atoms with Crippen molar-refractivity contribution in [1.29, 1.82) is 0 Å². The molecule has 0 fully saturated rings. The number of nitrogens with one attached hydrogen (secondary N) is 1. The average molecular weight is 264 g/mol. The van der Waals surface area contributed by atoms with Crippen molar-refractivity contribution in [2.24, 2.45) is 5.73 Å². The zero-order valence-electron chi connectivity index (χ0n) is 11.0. The highest BCUT2D eigenvalue weighted by atomic mass is 16.5. The van der Waals surface area contributed by atoms with Gasteiger partial charge in [-0.3, -0.25) is 14.9 Å². The monoisotopic (exact) mass is 264 g/mol. The molecule has 0 radical (unpaired) electrons. The first-order valence-corrected chi connectivity index (χ1v) is 5.69. The van der Waals surface area contributed by atoms with Gasteiger partial charge in [-0.2, -0.15) is 0 Å². The number of Topliss-reactive ketones (excluding diaryl/α,β-unsaturated/α-hetero) is 1. The Morgan fingerprint density at radius 1 is 1.32 bits per heavy atom. The topological polar surface area (TPSA) is 98.5 Å². The van der Waals surface area contributed by atoms with E-state index in [0.29, 0.717) is 11.3 Å². The molecule has 102 valence electrons. The highest BCUT2D eigenvalue weighted by molar-refractivity contribution is 5.96. The molecule has 0 bridgehead atoms. The number of ether oxygens (including phenoxy) is 1. The number of hydrogen-bond donors (Lipinski definition) is 2. The Bertz CT molecular complexity index is 525. The number of amides is 3. The summed E-state index contributed by atoms with van der Waals surface area (Å²) in [7, 11) is 0. The third-order valence-electron chi connectivity index (χ3n) is 2.50. The maximum atomic E-state index is 11.5. The van der Waals surface area contributed by atoms with Crippen LogP contribution in [0.15, 0.2) is 18.2 Å². The number of primary amides is 1. The van der Waals surface area contributed by atoms with E-state index in [1.54, 1.807) is 25.1 Å². The van der Waals surface area contributed by atoms with Crippen molar-refractivity contribution >= 4 is 17.7 Å². The van der Waals surface area contributed by atoms with Crippen LogP contribution in [0.2, 0.25) is 0 Å². The van der Waals surface area contributed by atoms with Gasteiger partial charge in [-0.1, -0.05) is 0 Å². The van der Waals surface area contributed by atoms with E-state index in [1.165, 1.54) is 13.8 Å². The van der Waals surface area contributed by atoms with Crippen molar-refractivity contribution in [1.82, 2.24) is 5.32 Å². The van der Waals surface area contributed by atoms with Gasteiger partial charge in [-0.25, -0.2) is 4.79 Å². The molecule has 6 nitrogen and oxygen atoms in total. The minimum atomic E-state index is -0.927. The first kappa shape index (κ1) is 14.7. The third-order valence-corrected chi connectivity index (χ3v) is 2.50. The highest BCUT2D eigenvalue weighted by Gasteiger charge is 2.17. The molecule has 0 saturated carbocycles. The molecule has 0 saturated heterocycles. The first-order chi connectivity index (χ1) is 8.81. The van der Waals surface area contributed by atoms with Crippen molar-refractivity contribution in [2.75, 3.05) is 0 Å². The Morgan fingerprint density at radius 3 is 2.42 bits per heavy atom. The largest absolute Gasteiger partial charge is 0.481 e. The van der Waals surface area contributed by atoms with Gasteiger partial charge in [0, 0.05) is 5.56 Å². The van der Waals surface area contributed by atoms with Crippen LogP contribution in [0.1, 0.15) is 29.8 Å². The molecule has 6 heteroatoms. The van der Waals surface area contributed by atoms with Crippen molar-refractivity contribution in [3.05, 3.63) is 29.3 Å². The molecule has 3 N–H and O–H groups in total. The lowest BCUT2D eigenvalue weighted by Gasteiger charge is -2.15. The highest BCUT2D eigenvalue weighted by Crippen LogP contribution is 2.20. The fraction of sp³-hybridized carbons (Fsp3) is 0.308. The second-order valence-electron chi connectivity index (χ2n) is 4.15. The molecule has 1 unspecified atom stereocenters. The van der Waals surface area contributed by atoms with Gasteiger partial charge in [0.05, 0.1) is 0 Å². The van der Waals surface area contributed by atoms with Gasteiger partial charge in [-0.05, 0) is 44.5 Å². The van der Waals surface area contributed by atoms with E-state index in [4.69, 9.17) is 10.5 Å². The van der Waals surface area contributed by atoms with Crippen LogP contribution in [0, 0.1) is 6.92 Å². The number of carbonyl (C=O) groups is 3. The zero-order chi connectivity index (χ0) is 14.6. The van der Waals surface area contributed by atoms with Crippen molar-refractivity contribution in [3.8, 4) is 5.75 Å². The number of imide groups is 1. The maximum Gasteiger partial charge on any atom is 0.318 e. The van der Waals surface area contributed by atoms with Crippen LogP contribution in [-0.2, 0) is 4.79 Å². The predicted molar refractivity (Wildman–Crippen MR) is 69.0 cm³/mol. The summed E-state index contributed by atoms with van der Waals surface area (Å²) in [6, 6.07) is 3.98. The van der Waals surface area contributed by atoms with Crippen LogP contribution in [0.3, 0.4) is 0 Å². The summed E-state index contributed by atoms with van der Waals surface area (Å²) < 4.78 is 5.41. The van der Waals surface area contributed by atoms with Crippen LogP contribution in [0.5, 0.6) is 5.75 Å². The van der Waals surface area contributed by atoms with Gasteiger partial charge in [0.25, 0.3) is 5.91 Å². The van der Waals surface area contributed by atoms with E-state index in [1.807, 2.05) is 5.32 Å². The Hall–Kier alpha value is -2.37. The smallest absolute Gasteiger partial charge is 0.318 e. The number of rotatable bonds is 4. The van der Waals surface area contributed by atoms with E-state index >= 15 is 0 Å². The lowest BCUT2D eigenvalue weighted by molar-refractivity contribution is -0.126. The van der Waals surface area contributed by atoms with E-state index in [9.17, 15) is 14.4 Å². The second-order valence-corrected chi connectivity index (χ2v) is 4.15. The van der Waals surface area contributed by atoms with Crippen LogP contribution in [0.4, 0.5) is 4.79 Å². The zero-order valence-corrected chi connectivity index (χ0v) is 11.0. The van der Waals surface area contributed by atoms with Gasteiger partial charge in [0.15, 0.2) is 11.9 Å². The molecule has 0 aliphatic heterocycles. The van der Waals surface area contributed by atoms with E-state index in [0.717, 1.165) is 5.56 Å². The first-order valence-electron chi connectivity index (χ1n) is 5.69. The maximum absolute atomic E-state index is 11.5. The van der Waals surface area contributed by atoms with Gasteiger partial charge in [0.2, 0.25) is 0 Å². The number of ketones is 1. The molecule has 1 atom stereocenters. The molecule has 1 aromatic carbocycles. The van der Waals surface area contributed by atoms with Crippen molar-refractivity contribution in [3.63, 3.8) is 0 Å². The fourth-order valence-electron chi connectivity index (χ4n) is 1.47. The summed E-state index contributed by atoms with van der Waals surface area (Å²) in [4.78, 5) is 33.2. The minimum absolute atomic E-state index is 0.0471. The Kier molecular flexibility index (Phi) is 4.63. The SMILES string of the molecule is CC(=O)c1ccc(OC(C)C(=O)NC(N)=O)c(C)c1. The second kappa shape index (κ2) is 5.99. The molecular weight excluding hydrogens is 248 g/mol. The number of benzene rings is 1. The van der Waals surface area contributed by atoms with Gasteiger partial charge in [0.1, 0.15) is 5.75 Å². The summed E-state index contributed by atoms with van der Waals surface area (Å²) in [6.07, 6.45) is -0.866. The molecular formula is C13H16N2O4. The summed E-state index contributed by atoms with van der Waals surface area (Å²) in [5.74, 6) is -0.200. The van der Waals surface area contributed by atoms with Crippen LogP contribution >= 0.6 is 0 Å². The lowest BCUT2D eigenvalue weighted by Crippen LogP contribution is -2.42. The molecule has 0 spiro atoms. The minimum Gasteiger partial charge on any atom is -0.481 e. The quantitative estimate of drug-likeness (QED) is 0.797. The van der Waals surface area contributed by atoms with E-state index in [2.05, 4.69) is 0 Å². The van der Waals surface area contributed by atoms with Gasteiger partial charge >= 0.3 is 6.03 Å². The Morgan fingerprint density at radius 2 is 1.95 bits per heavy atom. The van der Waals surface area contributed by atoms with E-state index in [-0.39, 0.29) is 5.78 Å². The summed E-state index contributed by atoms with van der Waals surface area (Å²) >= 11 is 0. The molecule has 1 rings (SSSR count). The van der Waals surface area contributed by atoms with Gasteiger partial charge < -0.3 is 10.5 Å². The van der Waals surface area contributed by atoms with Crippen LogP contribution in [0.25, 0.3) is 0 Å². The number of urea groups is 1. The lowest BCUT2D eigenvalue weighted by atomic mass is 10.1. The molecule has 0 aliphatic carbocycles. The number of hydrogen-bond acceptors (Lipinski definition) is 4. The standard InChI is InChI=1S/C13H16N2O4/c1-7-6-10(8(2)16)4-5-11(7)19-9(3)12(17)15-13(14)18/h4-6,9H,1-3H3,(H3,14,15,17,18). The Labute approximate surface area is 110 Å². The molecule has 3 amide bonds. The molecule has 1 aromatic rings. The van der Waals surface area contributed by atoms with Crippen molar-refractivity contribution < 1.29 is 19.1 Å². The number of aryl methyl sites for hydroxylation is 1. The normalized spacial score (nSPS) is 11.5. The van der Waals surface area contributed by atoms with Crippen LogP contribution in [-0.4, -0.2) is 23.8 Å². The van der Waals surface area contributed by atoms with Crippen molar-refractivity contribution in [2.45, 2.75) is 26.9 Å². The number of carbonyl (C=O) groups excluding carboxylic acids is 3. The summed E-state index contributed by atoms with van der Waals surface area (Å²) in [5.41, 5.74) is 6.14. The molecule has 0 aromatic heterocycles.